The second-order valence-corrected chi connectivity index (χ2v) is 6.07. The van der Waals surface area contributed by atoms with Gasteiger partial charge in [0.15, 0.2) is 0 Å². The number of halogens is 1. The van der Waals surface area contributed by atoms with Crippen LogP contribution in [0, 0.1) is 5.82 Å². The number of carbonyl (C=O) groups excluding carboxylic acids is 1. The molecule has 25 heavy (non-hydrogen) atoms. The molecule has 2 heterocycles. The number of fused-ring (bicyclic) bond motifs is 1. The highest BCUT2D eigenvalue weighted by Crippen LogP contribution is 2.35. The van der Waals surface area contributed by atoms with Gasteiger partial charge < -0.3 is 9.47 Å². The predicted molar refractivity (Wildman–Crippen MR) is 93.0 cm³/mol. The molecule has 0 fully saturated rings. The lowest BCUT2D eigenvalue weighted by Crippen LogP contribution is -2.20. The van der Waals surface area contributed by atoms with Crippen LogP contribution in [0.2, 0.25) is 0 Å². The number of pyridine rings is 1. The topological polar surface area (TPSA) is 48.4 Å². The molecule has 132 valence electrons. The number of ether oxygens (including phenoxy) is 2. The first kappa shape index (κ1) is 17.5. The number of hydrogen-bond acceptors (Lipinski definition) is 4. The zero-order valence-corrected chi connectivity index (χ0v) is 14.8. The molecule has 1 aliphatic heterocycles. The largest absolute Gasteiger partial charge is 0.461 e. The molecule has 0 N–H and O–H groups in total. The van der Waals surface area contributed by atoms with E-state index in [0.717, 1.165) is 17.5 Å². The van der Waals surface area contributed by atoms with E-state index >= 15 is 0 Å². The van der Waals surface area contributed by atoms with Gasteiger partial charge >= 0.3 is 5.97 Å². The van der Waals surface area contributed by atoms with Crippen molar-refractivity contribution in [3.05, 3.63) is 52.6 Å². The maximum atomic E-state index is 14.7. The summed E-state index contributed by atoms with van der Waals surface area (Å²) in [4.78, 5) is 16.6. The number of aryl methyl sites for hydroxylation is 1. The number of rotatable bonds is 4. The van der Waals surface area contributed by atoms with Crippen molar-refractivity contribution >= 4 is 5.97 Å². The first-order chi connectivity index (χ1) is 12.0. The van der Waals surface area contributed by atoms with Crippen LogP contribution < -0.4 is 0 Å². The molecule has 0 saturated heterocycles. The lowest BCUT2D eigenvalue weighted by Gasteiger charge is -2.25. The number of carbonyl (C=O) groups is 1. The fraction of sp³-hybridized carbons (Fsp3) is 0.400. The smallest absolute Gasteiger partial charge is 0.356 e. The Morgan fingerprint density at radius 1 is 1.32 bits per heavy atom. The van der Waals surface area contributed by atoms with E-state index in [9.17, 15) is 9.18 Å². The van der Waals surface area contributed by atoms with Crippen molar-refractivity contribution in [2.45, 2.75) is 39.7 Å². The van der Waals surface area contributed by atoms with Gasteiger partial charge in [-0.25, -0.2) is 14.2 Å². The Balaban J connectivity index is 2.19. The lowest BCUT2D eigenvalue weighted by atomic mass is 9.92. The van der Waals surface area contributed by atoms with Crippen LogP contribution in [0.15, 0.2) is 24.3 Å². The van der Waals surface area contributed by atoms with Gasteiger partial charge in [0.2, 0.25) is 0 Å². The van der Waals surface area contributed by atoms with Crippen LogP contribution in [0.5, 0.6) is 0 Å². The molecule has 4 nitrogen and oxygen atoms in total. The Morgan fingerprint density at radius 3 is 2.80 bits per heavy atom. The third-order valence-electron chi connectivity index (χ3n) is 4.48. The number of aromatic nitrogens is 1. The molecule has 1 aromatic heterocycles. The summed E-state index contributed by atoms with van der Waals surface area (Å²) in [5, 5.41) is 0. The Kier molecular flexibility index (Phi) is 5.13. The van der Waals surface area contributed by atoms with Crippen molar-refractivity contribution in [1.29, 1.82) is 0 Å². The van der Waals surface area contributed by atoms with Crippen molar-refractivity contribution in [2.24, 2.45) is 0 Å². The summed E-state index contributed by atoms with van der Waals surface area (Å²) in [5.41, 5.74) is 3.93. The second kappa shape index (κ2) is 7.31. The standard InChI is InChI=1S/C20H22FNO3/c1-4-13-6-7-14(17(21)10-13)16-11-18(20(23)24-5-2)22-19-12(3)25-9-8-15(16)19/h6-7,10-12H,4-5,8-9H2,1-3H3/t12-/m1/s1. The highest BCUT2D eigenvalue weighted by Gasteiger charge is 2.26. The van der Waals surface area contributed by atoms with E-state index in [1.807, 2.05) is 19.9 Å². The molecule has 0 aliphatic carbocycles. The second-order valence-electron chi connectivity index (χ2n) is 6.07. The average molecular weight is 343 g/mol. The van der Waals surface area contributed by atoms with E-state index in [1.54, 1.807) is 25.1 Å². The highest BCUT2D eigenvalue weighted by atomic mass is 19.1. The minimum atomic E-state index is -0.505. The van der Waals surface area contributed by atoms with Crippen LogP contribution in [0.25, 0.3) is 11.1 Å². The SMILES string of the molecule is CCOC(=O)c1cc(-c2ccc(CC)cc2F)c2c(n1)[C@@H](C)OCC2. The van der Waals surface area contributed by atoms with Crippen LogP contribution in [0.1, 0.15) is 54.2 Å². The fourth-order valence-electron chi connectivity index (χ4n) is 3.15. The zero-order valence-electron chi connectivity index (χ0n) is 14.8. The number of nitrogens with zero attached hydrogens (tertiary/aromatic N) is 1. The average Bonchev–Trinajstić information content (AvgIpc) is 2.61. The van der Waals surface area contributed by atoms with Gasteiger partial charge in [-0.1, -0.05) is 19.1 Å². The van der Waals surface area contributed by atoms with Gasteiger partial charge in [-0.05, 0) is 55.5 Å². The van der Waals surface area contributed by atoms with E-state index in [2.05, 4.69) is 4.98 Å². The lowest BCUT2D eigenvalue weighted by molar-refractivity contribution is 0.0483. The van der Waals surface area contributed by atoms with Gasteiger partial charge in [-0.3, -0.25) is 0 Å². The van der Waals surface area contributed by atoms with E-state index in [-0.39, 0.29) is 24.2 Å². The molecule has 0 amide bonds. The van der Waals surface area contributed by atoms with Crippen molar-refractivity contribution in [3.8, 4) is 11.1 Å². The molecule has 3 rings (SSSR count). The number of benzene rings is 1. The minimum absolute atomic E-state index is 0.187. The summed E-state index contributed by atoms with van der Waals surface area (Å²) >= 11 is 0. The van der Waals surface area contributed by atoms with Crippen LogP contribution in [0.4, 0.5) is 4.39 Å². The molecule has 1 aliphatic rings. The summed E-state index contributed by atoms with van der Waals surface area (Å²) in [6, 6.07) is 6.88. The minimum Gasteiger partial charge on any atom is -0.461 e. The molecule has 0 bridgehead atoms. The van der Waals surface area contributed by atoms with Crippen molar-refractivity contribution in [3.63, 3.8) is 0 Å². The van der Waals surface area contributed by atoms with Gasteiger partial charge in [-0.15, -0.1) is 0 Å². The van der Waals surface area contributed by atoms with Crippen LogP contribution in [0.3, 0.4) is 0 Å². The maximum Gasteiger partial charge on any atom is 0.356 e. The van der Waals surface area contributed by atoms with Gasteiger partial charge in [0.05, 0.1) is 25.0 Å². The molecular weight excluding hydrogens is 321 g/mol. The van der Waals surface area contributed by atoms with Crippen LogP contribution >= 0.6 is 0 Å². The summed E-state index contributed by atoms with van der Waals surface area (Å²) in [6.07, 6.45) is 1.17. The fourth-order valence-corrected chi connectivity index (χ4v) is 3.15. The molecule has 0 saturated carbocycles. The van der Waals surface area contributed by atoms with E-state index in [4.69, 9.17) is 9.47 Å². The first-order valence-electron chi connectivity index (χ1n) is 8.66. The van der Waals surface area contributed by atoms with Gasteiger partial charge in [0.25, 0.3) is 0 Å². The van der Waals surface area contributed by atoms with Crippen LogP contribution in [-0.4, -0.2) is 24.2 Å². The Bertz CT molecular complexity index is 804. The molecule has 1 aromatic carbocycles. The zero-order chi connectivity index (χ0) is 18.0. The first-order valence-corrected chi connectivity index (χ1v) is 8.66. The number of esters is 1. The summed E-state index contributed by atoms with van der Waals surface area (Å²) in [5.74, 6) is -0.795. The van der Waals surface area contributed by atoms with Gasteiger partial charge in [0, 0.05) is 5.56 Å². The molecule has 2 aromatic rings. The molecule has 1 atom stereocenters. The Morgan fingerprint density at radius 2 is 2.12 bits per heavy atom. The Labute approximate surface area is 147 Å². The quantitative estimate of drug-likeness (QED) is 0.778. The summed E-state index contributed by atoms with van der Waals surface area (Å²) < 4.78 is 25.4. The third kappa shape index (κ3) is 3.42. The van der Waals surface area contributed by atoms with Crippen LogP contribution in [-0.2, 0) is 22.3 Å². The summed E-state index contributed by atoms with van der Waals surface area (Å²) in [7, 11) is 0. The monoisotopic (exact) mass is 343 g/mol. The van der Waals surface area contributed by atoms with Gasteiger partial charge in [0.1, 0.15) is 11.5 Å². The van der Waals surface area contributed by atoms with E-state index in [0.29, 0.717) is 29.8 Å². The van der Waals surface area contributed by atoms with E-state index < -0.39 is 5.97 Å². The maximum absolute atomic E-state index is 14.7. The number of hydrogen-bond donors (Lipinski definition) is 0. The van der Waals surface area contributed by atoms with Crippen molar-refractivity contribution in [2.75, 3.05) is 13.2 Å². The van der Waals surface area contributed by atoms with Crippen molar-refractivity contribution in [1.82, 2.24) is 4.98 Å². The predicted octanol–water partition coefficient (Wildman–Crippen LogP) is 4.26. The molecular formula is C20H22FNO3. The normalized spacial score (nSPS) is 16.4. The molecule has 0 unspecified atom stereocenters. The van der Waals surface area contributed by atoms with Crippen molar-refractivity contribution < 1.29 is 18.7 Å². The highest BCUT2D eigenvalue weighted by molar-refractivity contribution is 5.89. The van der Waals surface area contributed by atoms with Gasteiger partial charge in [-0.2, -0.15) is 0 Å². The Hall–Kier alpha value is -2.27. The van der Waals surface area contributed by atoms with E-state index in [1.165, 1.54) is 0 Å². The molecule has 0 spiro atoms. The summed E-state index contributed by atoms with van der Waals surface area (Å²) in [6.45, 7) is 6.43. The molecule has 5 heteroatoms. The molecule has 0 radical (unpaired) electrons. The third-order valence-corrected chi connectivity index (χ3v) is 4.48.